The summed E-state index contributed by atoms with van der Waals surface area (Å²) in [5.74, 6) is 2.31. The van der Waals surface area contributed by atoms with Gasteiger partial charge in [0, 0.05) is 36.9 Å². The zero-order valence-electron chi connectivity index (χ0n) is 12.6. The standard InChI is InChI=1S/C17H17NO4S/c19-17(12-1-2-15-16(9-12)21-11-20-15)18-6-3-13(4-7-18)22-14-5-8-23-10-14/h1-2,5,8-10,13H,3-4,6-7,11H2. The van der Waals surface area contributed by atoms with Crippen LogP contribution in [-0.2, 0) is 0 Å². The largest absolute Gasteiger partial charge is 0.489 e. The highest BCUT2D eigenvalue weighted by Crippen LogP contribution is 2.33. The van der Waals surface area contributed by atoms with E-state index in [1.54, 1.807) is 29.5 Å². The van der Waals surface area contributed by atoms with Crippen LogP contribution < -0.4 is 14.2 Å². The van der Waals surface area contributed by atoms with Gasteiger partial charge in [-0.3, -0.25) is 4.79 Å². The molecule has 1 aromatic heterocycles. The molecule has 120 valence electrons. The Morgan fingerprint density at radius 2 is 2.00 bits per heavy atom. The number of carbonyl (C=O) groups is 1. The highest BCUT2D eigenvalue weighted by atomic mass is 32.1. The molecule has 3 heterocycles. The van der Waals surface area contributed by atoms with Crippen LogP contribution in [0.1, 0.15) is 23.2 Å². The summed E-state index contributed by atoms with van der Waals surface area (Å²) in [5, 5.41) is 4.01. The third-order valence-electron chi connectivity index (χ3n) is 4.15. The molecule has 0 aliphatic carbocycles. The van der Waals surface area contributed by atoms with Gasteiger partial charge in [-0.25, -0.2) is 0 Å². The molecule has 23 heavy (non-hydrogen) atoms. The van der Waals surface area contributed by atoms with Crippen molar-refractivity contribution in [1.29, 1.82) is 0 Å². The van der Waals surface area contributed by atoms with E-state index in [9.17, 15) is 4.79 Å². The van der Waals surface area contributed by atoms with E-state index in [0.29, 0.717) is 30.2 Å². The summed E-state index contributed by atoms with van der Waals surface area (Å²) in [5.41, 5.74) is 0.645. The van der Waals surface area contributed by atoms with Crippen molar-refractivity contribution in [3.63, 3.8) is 0 Å². The summed E-state index contributed by atoms with van der Waals surface area (Å²) >= 11 is 1.63. The van der Waals surface area contributed by atoms with Gasteiger partial charge in [0.25, 0.3) is 5.91 Å². The minimum Gasteiger partial charge on any atom is -0.489 e. The first kappa shape index (κ1) is 14.4. The van der Waals surface area contributed by atoms with Gasteiger partial charge in [-0.05, 0) is 29.6 Å². The zero-order valence-corrected chi connectivity index (χ0v) is 13.4. The molecule has 1 saturated heterocycles. The first-order valence-electron chi connectivity index (χ1n) is 7.67. The topological polar surface area (TPSA) is 48.0 Å². The van der Waals surface area contributed by atoms with Crippen LogP contribution in [0.15, 0.2) is 35.0 Å². The number of carbonyl (C=O) groups excluding carboxylic acids is 1. The second-order valence-electron chi connectivity index (χ2n) is 5.64. The van der Waals surface area contributed by atoms with Crippen LogP contribution in [0.2, 0.25) is 0 Å². The maximum atomic E-state index is 12.6. The Kier molecular flexibility index (Phi) is 3.83. The minimum absolute atomic E-state index is 0.0392. The molecule has 1 amide bonds. The summed E-state index contributed by atoms with van der Waals surface area (Å²) in [7, 11) is 0. The monoisotopic (exact) mass is 331 g/mol. The second kappa shape index (κ2) is 6.12. The van der Waals surface area contributed by atoms with Crippen molar-refractivity contribution in [2.24, 2.45) is 0 Å². The van der Waals surface area contributed by atoms with Crippen LogP contribution in [0.4, 0.5) is 0 Å². The molecule has 2 aromatic rings. The highest BCUT2D eigenvalue weighted by Gasteiger charge is 2.26. The van der Waals surface area contributed by atoms with Crippen LogP contribution in [-0.4, -0.2) is 36.8 Å². The van der Waals surface area contributed by atoms with Gasteiger partial charge in [0.2, 0.25) is 6.79 Å². The van der Waals surface area contributed by atoms with Crippen LogP contribution in [0.25, 0.3) is 0 Å². The van der Waals surface area contributed by atoms with Gasteiger partial charge in [-0.1, -0.05) is 0 Å². The molecule has 0 bridgehead atoms. The van der Waals surface area contributed by atoms with Crippen LogP contribution in [0.3, 0.4) is 0 Å². The van der Waals surface area contributed by atoms with Gasteiger partial charge in [-0.2, -0.15) is 0 Å². The van der Waals surface area contributed by atoms with Crippen molar-refractivity contribution in [3.8, 4) is 17.2 Å². The number of ether oxygens (including phenoxy) is 3. The Bertz CT molecular complexity index is 693. The average molecular weight is 331 g/mol. The van der Waals surface area contributed by atoms with Crippen LogP contribution >= 0.6 is 11.3 Å². The molecule has 2 aliphatic heterocycles. The number of amides is 1. The van der Waals surface area contributed by atoms with E-state index < -0.39 is 0 Å². The molecule has 0 radical (unpaired) electrons. The molecule has 0 N–H and O–H groups in total. The molecule has 0 unspecified atom stereocenters. The average Bonchev–Trinajstić information content (AvgIpc) is 3.25. The molecule has 2 aliphatic rings. The van der Waals surface area contributed by atoms with Crippen molar-refractivity contribution in [3.05, 3.63) is 40.6 Å². The van der Waals surface area contributed by atoms with E-state index in [2.05, 4.69) is 0 Å². The number of nitrogens with zero attached hydrogens (tertiary/aromatic N) is 1. The van der Waals surface area contributed by atoms with Crippen molar-refractivity contribution in [2.45, 2.75) is 18.9 Å². The summed E-state index contributed by atoms with van der Waals surface area (Å²) in [4.78, 5) is 14.5. The zero-order chi connectivity index (χ0) is 15.6. The normalized spacial score (nSPS) is 17.3. The predicted octanol–water partition coefficient (Wildman–Crippen LogP) is 3.16. The van der Waals surface area contributed by atoms with Crippen LogP contribution in [0, 0.1) is 0 Å². The second-order valence-corrected chi connectivity index (χ2v) is 6.42. The number of fused-ring (bicyclic) bond motifs is 1. The van der Waals surface area contributed by atoms with Crippen molar-refractivity contribution in [1.82, 2.24) is 4.90 Å². The quantitative estimate of drug-likeness (QED) is 0.867. The number of rotatable bonds is 3. The molecule has 5 nitrogen and oxygen atoms in total. The molecule has 0 spiro atoms. The van der Waals surface area contributed by atoms with Gasteiger partial charge < -0.3 is 19.1 Å². The van der Waals surface area contributed by atoms with Crippen molar-refractivity contribution < 1.29 is 19.0 Å². The summed E-state index contributed by atoms with van der Waals surface area (Å²) in [6.45, 7) is 1.64. The molecule has 0 atom stereocenters. The molecule has 1 aromatic carbocycles. The van der Waals surface area contributed by atoms with Crippen LogP contribution in [0.5, 0.6) is 17.2 Å². The SMILES string of the molecule is O=C(c1ccc2c(c1)OCO2)N1CCC(Oc2ccsc2)CC1. The molecular weight excluding hydrogens is 314 g/mol. The number of benzene rings is 1. The van der Waals surface area contributed by atoms with E-state index in [0.717, 1.165) is 18.6 Å². The molecule has 4 rings (SSSR count). The number of hydrogen-bond acceptors (Lipinski definition) is 5. The summed E-state index contributed by atoms with van der Waals surface area (Å²) in [6.07, 6.45) is 1.89. The fourth-order valence-corrected chi connectivity index (χ4v) is 3.46. The predicted molar refractivity (Wildman–Crippen MR) is 86.4 cm³/mol. The molecule has 6 heteroatoms. The molecule has 1 fully saturated rings. The van der Waals surface area contributed by atoms with E-state index >= 15 is 0 Å². The number of piperidine rings is 1. The van der Waals surface area contributed by atoms with Crippen molar-refractivity contribution >= 4 is 17.2 Å². The number of likely N-dealkylation sites (tertiary alicyclic amines) is 1. The first-order chi connectivity index (χ1) is 11.3. The fraction of sp³-hybridized carbons (Fsp3) is 0.353. The maximum Gasteiger partial charge on any atom is 0.253 e. The summed E-state index contributed by atoms with van der Waals surface area (Å²) < 4.78 is 16.5. The van der Waals surface area contributed by atoms with Gasteiger partial charge in [0.05, 0.1) is 0 Å². The Balaban J connectivity index is 1.37. The maximum absolute atomic E-state index is 12.6. The van der Waals surface area contributed by atoms with E-state index in [1.807, 2.05) is 21.7 Å². The minimum atomic E-state index is 0.0392. The van der Waals surface area contributed by atoms with Gasteiger partial charge >= 0.3 is 0 Å². The van der Waals surface area contributed by atoms with E-state index in [1.165, 1.54) is 0 Å². The lowest BCUT2D eigenvalue weighted by Gasteiger charge is -2.32. The van der Waals surface area contributed by atoms with Gasteiger partial charge in [-0.15, -0.1) is 11.3 Å². The Morgan fingerprint density at radius 3 is 2.78 bits per heavy atom. The fourth-order valence-electron chi connectivity index (χ4n) is 2.90. The highest BCUT2D eigenvalue weighted by molar-refractivity contribution is 7.08. The van der Waals surface area contributed by atoms with E-state index in [4.69, 9.17) is 14.2 Å². The third kappa shape index (κ3) is 2.99. The lowest BCUT2D eigenvalue weighted by atomic mass is 10.1. The lowest BCUT2D eigenvalue weighted by molar-refractivity contribution is 0.0596. The first-order valence-corrected chi connectivity index (χ1v) is 8.62. The smallest absolute Gasteiger partial charge is 0.253 e. The van der Waals surface area contributed by atoms with Gasteiger partial charge in [0.1, 0.15) is 11.9 Å². The van der Waals surface area contributed by atoms with Crippen molar-refractivity contribution in [2.75, 3.05) is 19.9 Å². The molecular formula is C17H17NO4S. The van der Waals surface area contributed by atoms with Gasteiger partial charge in [0.15, 0.2) is 11.5 Å². The molecule has 0 saturated carbocycles. The lowest BCUT2D eigenvalue weighted by Crippen LogP contribution is -2.41. The van der Waals surface area contributed by atoms with E-state index in [-0.39, 0.29) is 18.8 Å². The Hall–Kier alpha value is -2.21. The number of thiophene rings is 1. The third-order valence-corrected chi connectivity index (χ3v) is 4.81. The Morgan fingerprint density at radius 1 is 1.17 bits per heavy atom. The number of hydrogen-bond donors (Lipinski definition) is 0. The summed E-state index contributed by atoms with van der Waals surface area (Å²) in [6, 6.07) is 7.33. The Labute approximate surface area is 138 Å².